The molecule has 0 aliphatic rings. The lowest BCUT2D eigenvalue weighted by Gasteiger charge is -2.02. The summed E-state index contributed by atoms with van der Waals surface area (Å²) in [6.45, 7) is 0. The largest absolute Gasteiger partial charge is 0.330 e. The maximum absolute atomic E-state index is 11.9. The fraction of sp³-hybridized carbons (Fsp3) is 0.231. The Morgan fingerprint density at radius 1 is 1.24 bits per heavy atom. The average Bonchev–Trinajstić information content (AvgIpc) is 2.84. The molecule has 0 spiro atoms. The molecule has 7 nitrogen and oxygen atoms in total. The molecule has 2 aromatic heterocycles. The van der Waals surface area contributed by atoms with Gasteiger partial charge in [0.05, 0.1) is 5.56 Å². The maximum atomic E-state index is 11.9. The molecule has 2 rings (SSSR count). The van der Waals surface area contributed by atoms with Crippen molar-refractivity contribution in [1.29, 1.82) is 0 Å². The average molecular weight is 306 g/mol. The van der Waals surface area contributed by atoms with Crippen LogP contribution in [0.5, 0.6) is 0 Å². The van der Waals surface area contributed by atoms with Gasteiger partial charge in [-0.1, -0.05) is 0 Å². The molecule has 0 bridgehead atoms. The summed E-state index contributed by atoms with van der Waals surface area (Å²) < 4.78 is 3.99. The predicted octanol–water partition coefficient (Wildman–Crippen LogP) is -0.375. The van der Waals surface area contributed by atoms with Gasteiger partial charge in [0.1, 0.15) is 0 Å². The number of carbonyl (C=O) groups excluding carboxylic acids is 1. The van der Waals surface area contributed by atoms with Gasteiger partial charge in [-0.3, -0.25) is 14.2 Å². The summed E-state index contributed by atoms with van der Waals surface area (Å²) in [5.41, 5.74) is -0.624. The van der Waals surface area contributed by atoms with E-state index >= 15 is 0 Å². The second-order valence-electron chi connectivity index (χ2n) is 4.42. The fourth-order valence-corrected chi connectivity index (χ4v) is 2.41. The molecule has 0 aliphatic carbocycles. The van der Waals surface area contributed by atoms with E-state index in [1.807, 2.05) is 5.38 Å². The van der Waals surface area contributed by atoms with Crippen LogP contribution in [0.3, 0.4) is 0 Å². The molecule has 1 amide bonds. The quantitative estimate of drug-likeness (QED) is 0.710. The molecule has 110 valence electrons. The number of thiazole rings is 1. The second-order valence-corrected chi connectivity index (χ2v) is 5.29. The first-order chi connectivity index (χ1) is 9.90. The van der Waals surface area contributed by atoms with Gasteiger partial charge in [-0.2, -0.15) is 4.99 Å². The molecular weight excluding hydrogens is 292 g/mol. The number of aryl methyl sites for hydroxylation is 2. The van der Waals surface area contributed by atoms with Crippen LogP contribution in [0.15, 0.2) is 38.4 Å². The Hall–Kier alpha value is -2.48. The van der Waals surface area contributed by atoms with E-state index in [9.17, 15) is 14.4 Å². The highest BCUT2D eigenvalue weighted by Gasteiger charge is 2.04. The molecule has 0 aliphatic heterocycles. The van der Waals surface area contributed by atoms with Crippen LogP contribution in [-0.4, -0.2) is 19.6 Å². The molecule has 21 heavy (non-hydrogen) atoms. The third-order valence-electron chi connectivity index (χ3n) is 2.84. The van der Waals surface area contributed by atoms with Crippen LogP contribution in [0, 0.1) is 0 Å². The second kappa shape index (κ2) is 5.88. The zero-order valence-electron chi connectivity index (χ0n) is 11.8. The van der Waals surface area contributed by atoms with Crippen molar-refractivity contribution in [1.82, 2.24) is 13.7 Å². The van der Waals surface area contributed by atoms with Crippen LogP contribution in [0.25, 0.3) is 6.08 Å². The summed E-state index contributed by atoms with van der Waals surface area (Å²) in [7, 11) is 4.71. The lowest BCUT2D eigenvalue weighted by molar-refractivity contribution is -0.113. The minimum absolute atomic E-state index is 0.249. The minimum Gasteiger partial charge on any atom is -0.327 e. The Morgan fingerprint density at radius 3 is 2.57 bits per heavy atom. The minimum atomic E-state index is -0.469. The van der Waals surface area contributed by atoms with Crippen molar-refractivity contribution in [2.45, 2.75) is 0 Å². The molecule has 0 unspecified atom stereocenters. The highest BCUT2D eigenvalue weighted by atomic mass is 32.1. The van der Waals surface area contributed by atoms with E-state index in [0.29, 0.717) is 4.80 Å². The van der Waals surface area contributed by atoms with Gasteiger partial charge in [0.15, 0.2) is 4.80 Å². The van der Waals surface area contributed by atoms with Crippen LogP contribution < -0.4 is 16.1 Å². The molecule has 0 aromatic carbocycles. The first-order valence-corrected chi connectivity index (χ1v) is 6.91. The Morgan fingerprint density at radius 2 is 1.95 bits per heavy atom. The number of hydrogen-bond acceptors (Lipinski definition) is 4. The monoisotopic (exact) mass is 306 g/mol. The number of amides is 1. The Labute approximate surface area is 123 Å². The highest BCUT2D eigenvalue weighted by molar-refractivity contribution is 7.07. The maximum Gasteiger partial charge on any atom is 0.330 e. The van der Waals surface area contributed by atoms with E-state index in [2.05, 4.69) is 4.99 Å². The molecule has 0 atom stereocenters. The summed E-state index contributed by atoms with van der Waals surface area (Å²) in [6.07, 6.45) is 5.75. The van der Waals surface area contributed by atoms with Gasteiger partial charge < -0.3 is 9.13 Å². The summed E-state index contributed by atoms with van der Waals surface area (Å²) in [4.78, 5) is 39.6. The van der Waals surface area contributed by atoms with Crippen molar-refractivity contribution in [3.05, 3.63) is 55.1 Å². The normalized spacial score (nSPS) is 12.2. The topological polar surface area (TPSA) is 78.4 Å². The van der Waals surface area contributed by atoms with Gasteiger partial charge in [-0.05, 0) is 6.08 Å². The predicted molar refractivity (Wildman–Crippen MR) is 79.8 cm³/mol. The Balaban J connectivity index is 2.35. The third-order valence-corrected chi connectivity index (χ3v) is 3.69. The van der Waals surface area contributed by atoms with Crippen LogP contribution in [0.1, 0.15) is 5.56 Å². The standard InChI is InChI=1S/C13H14N4O3S/c1-15-6-7-21-12(15)14-10(18)5-4-9-8-16(2)13(20)17(3)11(9)19/h4-8H,1-3H3/b5-4+,14-12?. The molecule has 0 saturated carbocycles. The van der Waals surface area contributed by atoms with E-state index < -0.39 is 17.2 Å². The van der Waals surface area contributed by atoms with E-state index in [0.717, 1.165) is 4.57 Å². The van der Waals surface area contributed by atoms with Crippen molar-refractivity contribution in [2.24, 2.45) is 26.1 Å². The molecule has 2 aromatic rings. The smallest absolute Gasteiger partial charge is 0.327 e. The van der Waals surface area contributed by atoms with Gasteiger partial charge in [-0.15, -0.1) is 11.3 Å². The van der Waals surface area contributed by atoms with Crippen LogP contribution in [0.2, 0.25) is 0 Å². The van der Waals surface area contributed by atoms with Gasteiger partial charge in [-0.25, -0.2) is 4.79 Å². The fourth-order valence-electron chi connectivity index (χ4n) is 1.68. The molecule has 0 fully saturated rings. The van der Waals surface area contributed by atoms with Crippen molar-refractivity contribution in [2.75, 3.05) is 0 Å². The van der Waals surface area contributed by atoms with Crippen molar-refractivity contribution in [3.8, 4) is 0 Å². The zero-order chi connectivity index (χ0) is 15.6. The summed E-state index contributed by atoms with van der Waals surface area (Å²) >= 11 is 1.34. The lowest BCUT2D eigenvalue weighted by Crippen LogP contribution is -2.37. The van der Waals surface area contributed by atoms with Gasteiger partial charge in [0.25, 0.3) is 11.5 Å². The number of nitrogens with zero attached hydrogens (tertiary/aromatic N) is 4. The highest BCUT2D eigenvalue weighted by Crippen LogP contribution is 1.94. The van der Waals surface area contributed by atoms with Crippen LogP contribution in [0.4, 0.5) is 0 Å². The van der Waals surface area contributed by atoms with Gasteiger partial charge >= 0.3 is 5.69 Å². The Bertz CT molecular complexity index is 895. The molecule has 0 radical (unpaired) electrons. The lowest BCUT2D eigenvalue weighted by atomic mass is 10.3. The summed E-state index contributed by atoms with van der Waals surface area (Å²) in [5, 5.41) is 1.82. The zero-order valence-corrected chi connectivity index (χ0v) is 12.6. The number of aromatic nitrogens is 3. The molecule has 2 heterocycles. The molecule has 0 saturated heterocycles. The van der Waals surface area contributed by atoms with E-state index in [-0.39, 0.29) is 5.56 Å². The molecular formula is C13H14N4O3S. The van der Waals surface area contributed by atoms with Crippen molar-refractivity contribution >= 4 is 23.3 Å². The van der Waals surface area contributed by atoms with Crippen LogP contribution >= 0.6 is 11.3 Å². The van der Waals surface area contributed by atoms with Gasteiger partial charge in [0, 0.05) is 45.0 Å². The SMILES string of the molecule is Cn1ccsc1=NC(=O)/C=C/c1cn(C)c(=O)n(C)c1=O. The van der Waals surface area contributed by atoms with Crippen molar-refractivity contribution < 1.29 is 4.79 Å². The number of rotatable bonds is 2. The van der Waals surface area contributed by atoms with Gasteiger partial charge in [0.2, 0.25) is 0 Å². The van der Waals surface area contributed by atoms with E-state index in [1.165, 1.54) is 48.3 Å². The first-order valence-electron chi connectivity index (χ1n) is 6.03. The molecule has 8 heteroatoms. The van der Waals surface area contributed by atoms with E-state index in [1.54, 1.807) is 17.8 Å². The van der Waals surface area contributed by atoms with Crippen LogP contribution in [-0.2, 0) is 25.9 Å². The summed E-state index contributed by atoms with van der Waals surface area (Å²) in [5.74, 6) is -0.469. The summed E-state index contributed by atoms with van der Waals surface area (Å²) in [6, 6.07) is 0. The Kier molecular flexibility index (Phi) is 4.18. The first kappa shape index (κ1) is 14.9. The molecule has 0 N–H and O–H groups in total. The number of carbonyl (C=O) groups is 1. The van der Waals surface area contributed by atoms with E-state index in [4.69, 9.17) is 0 Å². The third kappa shape index (κ3) is 3.16. The van der Waals surface area contributed by atoms with Crippen molar-refractivity contribution in [3.63, 3.8) is 0 Å². The number of hydrogen-bond donors (Lipinski definition) is 0.